The summed E-state index contributed by atoms with van der Waals surface area (Å²) in [7, 11) is 0. The average Bonchev–Trinajstić information content (AvgIpc) is 2.56. The Balaban J connectivity index is 1.86. The first-order chi connectivity index (χ1) is 7.93. The standard InChI is InChI=1S/C13H29N3/c1-2-7-14-8-9-15-10-13-16-11-5-3-4-6-12-16/h14-15H,2-13H2,1H3. The number of rotatable bonds is 8. The SMILES string of the molecule is CCCNCCNCCN1CCCCCC1. The molecule has 0 bridgehead atoms. The predicted molar refractivity (Wildman–Crippen MR) is 70.9 cm³/mol. The highest BCUT2D eigenvalue weighted by Crippen LogP contribution is 2.08. The van der Waals surface area contributed by atoms with Crippen molar-refractivity contribution < 1.29 is 0 Å². The molecule has 0 aromatic heterocycles. The van der Waals surface area contributed by atoms with E-state index in [-0.39, 0.29) is 0 Å². The van der Waals surface area contributed by atoms with Gasteiger partial charge in [0.2, 0.25) is 0 Å². The van der Waals surface area contributed by atoms with Crippen molar-refractivity contribution in [3.8, 4) is 0 Å². The van der Waals surface area contributed by atoms with Crippen molar-refractivity contribution >= 4 is 0 Å². The summed E-state index contributed by atoms with van der Waals surface area (Å²) in [5.41, 5.74) is 0. The first-order valence-corrected chi connectivity index (χ1v) is 7.07. The van der Waals surface area contributed by atoms with Crippen molar-refractivity contribution in [2.75, 3.05) is 45.8 Å². The van der Waals surface area contributed by atoms with Crippen LogP contribution in [0.2, 0.25) is 0 Å². The monoisotopic (exact) mass is 227 g/mol. The van der Waals surface area contributed by atoms with E-state index in [1.807, 2.05) is 0 Å². The third-order valence-electron chi connectivity index (χ3n) is 3.21. The van der Waals surface area contributed by atoms with E-state index in [2.05, 4.69) is 22.5 Å². The van der Waals surface area contributed by atoms with Gasteiger partial charge in [-0.1, -0.05) is 19.8 Å². The van der Waals surface area contributed by atoms with Crippen molar-refractivity contribution in [1.29, 1.82) is 0 Å². The van der Waals surface area contributed by atoms with Gasteiger partial charge < -0.3 is 15.5 Å². The van der Waals surface area contributed by atoms with Gasteiger partial charge in [-0.3, -0.25) is 0 Å². The summed E-state index contributed by atoms with van der Waals surface area (Å²) in [6, 6.07) is 0. The topological polar surface area (TPSA) is 27.3 Å². The van der Waals surface area contributed by atoms with Crippen molar-refractivity contribution in [2.24, 2.45) is 0 Å². The largest absolute Gasteiger partial charge is 0.315 e. The predicted octanol–water partition coefficient (Wildman–Crippen LogP) is 1.45. The van der Waals surface area contributed by atoms with Gasteiger partial charge >= 0.3 is 0 Å². The zero-order valence-electron chi connectivity index (χ0n) is 10.9. The second-order valence-electron chi connectivity index (χ2n) is 4.76. The summed E-state index contributed by atoms with van der Waals surface area (Å²) in [6.45, 7) is 10.6. The lowest BCUT2D eigenvalue weighted by molar-refractivity contribution is 0.284. The maximum absolute atomic E-state index is 3.51. The number of nitrogens with zero attached hydrogens (tertiary/aromatic N) is 1. The Kier molecular flexibility index (Phi) is 8.77. The first kappa shape index (κ1) is 13.9. The van der Waals surface area contributed by atoms with Gasteiger partial charge in [-0.05, 0) is 38.9 Å². The van der Waals surface area contributed by atoms with Crippen molar-refractivity contribution in [3.63, 3.8) is 0 Å². The van der Waals surface area contributed by atoms with Crippen LogP contribution in [0, 0.1) is 0 Å². The summed E-state index contributed by atoms with van der Waals surface area (Å²) < 4.78 is 0. The number of nitrogens with one attached hydrogen (secondary N) is 2. The number of hydrogen-bond acceptors (Lipinski definition) is 3. The van der Waals surface area contributed by atoms with Crippen LogP contribution in [0.4, 0.5) is 0 Å². The van der Waals surface area contributed by atoms with E-state index in [1.165, 1.54) is 51.7 Å². The third kappa shape index (κ3) is 7.20. The molecule has 0 spiro atoms. The average molecular weight is 227 g/mol. The molecule has 0 aromatic carbocycles. The lowest BCUT2D eigenvalue weighted by Crippen LogP contribution is -2.35. The third-order valence-corrected chi connectivity index (χ3v) is 3.21. The fourth-order valence-corrected chi connectivity index (χ4v) is 2.20. The minimum absolute atomic E-state index is 1.10. The minimum Gasteiger partial charge on any atom is -0.315 e. The zero-order chi connectivity index (χ0) is 11.5. The van der Waals surface area contributed by atoms with Crippen LogP contribution < -0.4 is 10.6 Å². The molecule has 0 saturated carbocycles. The highest BCUT2D eigenvalue weighted by molar-refractivity contribution is 4.64. The molecular formula is C13H29N3. The Morgan fingerprint density at radius 1 is 0.812 bits per heavy atom. The molecule has 0 atom stereocenters. The van der Waals surface area contributed by atoms with Gasteiger partial charge in [-0.25, -0.2) is 0 Å². The van der Waals surface area contributed by atoms with Crippen LogP contribution in [0.1, 0.15) is 39.0 Å². The lowest BCUT2D eigenvalue weighted by Gasteiger charge is -2.19. The molecule has 1 aliphatic rings. The van der Waals surface area contributed by atoms with E-state index < -0.39 is 0 Å². The van der Waals surface area contributed by atoms with Crippen molar-refractivity contribution in [1.82, 2.24) is 15.5 Å². The normalized spacial score (nSPS) is 18.6. The first-order valence-electron chi connectivity index (χ1n) is 7.07. The lowest BCUT2D eigenvalue weighted by atomic mass is 10.2. The van der Waals surface area contributed by atoms with Gasteiger partial charge in [-0.15, -0.1) is 0 Å². The van der Waals surface area contributed by atoms with Gasteiger partial charge in [0.25, 0.3) is 0 Å². The maximum Gasteiger partial charge on any atom is 0.0107 e. The van der Waals surface area contributed by atoms with Gasteiger partial charge in [0, 0.05) is 26.2 Å². The van der Waals surface area contributed by atoms with Crippen LogP contribution in [0.5, 0.6) is 0 Å². The molecule has 1 saturated heterocycles. The fraction of sp³-hybridized carbons (Fsp3) is 1.00. The van der Waals surface area contributed by atoms with E-state index in [0.29, 0.717) is 0 Å². The minimum atomic E-state index is 1.10. The van der Waals surface area contributed by atoms with Crippen LogP contribution in [0.25, 0.3) is 0 Å². The zero-order valence-corrected chi connectivity index (χ0v) is 10.9. The Bertz CT molecular complexity index is 142. The summed E-state index contributed by atoms with van der Waals surface area (Å²) >= 11 is 0. The molecule has 1 rings (SSSR count). The summed E-state index contributed by atoms with van der Waals surface area (Å²) in [6.07, 6.45) is 6.90. The molecule has 16 heavy (non-hydrogen) atoms. The molecule has 1 fully saturated rings. The molecule has 0 aromatic rings. The molecule has 0 radical (unpaired) electrons. The molecule has 0 amide bonds. The molecule has 1 heterocycles. The quantitative estimate of drug-likeness (QED) is 0.615. The second kappa shape index (κ2) is 10.1. The maximum atomic E-state index is 3.51. The van der Waals surface area contributed by atoms with Crippen LogP contribution in [0.3, 0.4) is 0 Å². The Labute approximate surface area is 101 Å². The molecule has 3 heteroatoms. The number of hydrogen-bond donors (Lipinski definition) is 2. The fourth-order valence-electron chi connectivity index (χ4n) is 2.20. The van der Waals surface area contributed by atoms with Crippen molar-refractivity contribution in [3.05, 3.63) is 0 Å². The highest BCUT2D eigenvalue weighted by atomic mass is 15.1. The van der Waals surface area contributed by atoms with E-state index in [9.17, 15) is 0 Å². The van der Waals surface area contributed by atoms with Crippen LogP contribution in [0.15, 0.2) is 0 Å². The summed E-state index contributed by atoms with van der Waals surface area (Å²) in [5.74, 6) is 0. The Hall–Kier alpha value is -0.120. The van der Waals surface area contributed by atoms with E-state index >= 15 is 0 Å². The molecule has 96 valence electrons. The Morgan fingerprint density at radius 3 is 2.06 bits per heavy atom. The van der Waals surface area contributed by atoms with E-state index in [0.717, 1.165) is 26.2 Å². The van der Waals surface area contributed by atoms with Gasteiger partial charge in [0.05, 0.1) is 0 Å². The molecule has 0 unspecified atom stereocenters. The molecule has 1 aliphatic heterocycles. The number of likely N-dealkylation sites (tertiary alicyclic amines) is 1. The molecule has 2 N–H and O–H groups in total. The molecule has 0 aliphatic carbocycles. The van der Waals surface area contributed by atoms with Gasteiger partial charge in [-0.2, -0.15) is 0 Å². The Morgan fingerprint density at radius 2 is 1.44 bits per heavy atom. The smallest absolute Gasteiger partial charge is 0.0107 e. The van der Waals surface area contributed by atoms with Crippen LogP contribution >= 0.6 is 0 Å². The summed E-state index contributed by atoms with van der Waals surface area (Å²) in [5, 5.41) is 6.92. The van der Waals surface area contributed by atoms with Crippen LogP contribution in [-0.4, -0.2) is 50.7 Å². The van der Waals surface area contributed by atoms with Gasteiger partial charge in [0.1, 0.15) is 0 Å². The highest BCUT2D eigenvalue weighted by Gasteiger charge is 2.07. The van der Waals surface area contributed by atoms with Gasteiger partial charge in [0.15, 0.2) is 0 Å². The summed E-state index contributed by atoms with van der Waals surface area (Å²) in [4.78, 5) is 2.61. The second-order valence-corrected chi connectivity index (χ2v) is 4.76. The van der Waals surface area contributed by atoms with Crippen LogP contribution in [-0.2, 0) is 0 Å². The van der Waals surface area contributed by atoms with E-state index in [1.54, 1.807) is 0 Å². The molecule has 3 nitrogen and oxygen atoms in total. The van der Waals surface area contributed by atoms with Crippen molar-refractivity contribution in [2.45, 2.75) is 39.0 Å². The van der Waals surface area contributed by atoms with E-state index in [4.69, 9.17) is 0 Å². The molecular weight excluding hydrogens is 198 g/mol.